The standard InChI is InChI=1S/C21H22Cl2FN3O3/c1-3-5-16(13-30-21(29)26-18-10-9-15(22)12-25-18)27(2)19(28)11-8-14-6-4-7-17(24)20(14)23/h3-4,6-7,9-10,12,16H,1,5,8,11,13H2,2H3,(H,25,26,29)/t16-/m0/s1. The van der Waals surface area contributed by atoms with Gasteiger partial charge in [0.15, 0.2) is 0 Å². The molecule has 0 fully saturated rings. The van der Waals surface area contributed by atoms with Crippen LogP contribution in [0, 0.1) is 5.82 Å². The molecule has 1 atom stereocenters. The van der Waals surface area contributed by atoms with Crippen molar-refractivity contribution in [2.24, 2.45) is 0 Å². The van der Waals surface area contributed by atoms with E-state index in [1.807, 2.05) is 0 Å². The molecule has 160 valence electrons. The Balaban J connectivity index is 1.89. The number of hydrogen-bond donors (Lipinski definition) is 1. The summed E-state index contributed by atoms with van der Waals surface area (Å²) in [7, 11) is 1.62. The van der Waals surface area contributed by atoms with Crippen molar-refractivity contribution in [3.63, 3.8) is 0 Å². The van der Waals surface area contributed by atoms with E-state index in [0.717, 1.165) is 0 Å². The number of anilines is 1. The third-order valence-corrected chi connectivity index (χ3v) is 5.03. The van der Waals surface area contributed by atoms with Gasteiger partial charge in [0, 0.05) is 19.7 Å². The molecule has 2 aromatic rings. The number of hydrogen-bond acceptors (Lipinski definition) is 4. The maximum atomic E-state index is 13.5. The van der Waals surface area contributed by atoms with E-state index in [1.165, 1.54) is 23.2 Å². The van der Waals surface area contributed by atoms with Gasteiger partial charge in [-0.05, 0) is 36.6 Å². The first-order valence-corrected chi connectivity index (χ1v) is 9.92. The molecule has 1 N–H and O–H groups in total. The van der Waals surface area contributed by atoms with Crippen LogP contribution in [0.1, 0.15) is 18.4 Å². The number of likely N-dealkylation sites (N-methyl/N-ethyl adjacent to an activating group) is 1. The van der Waals surface area contributed by atoms with Crippen molar-refractivity contribution >= 4 is 41.0 Å². The second-order valence-electron chi connectivity index (χ2n) is 6.48. The monoisotopic (exact) mass is 453 g/mol. The number of amides is 2. The second kappa shape index (κ2) is 11.5. The highest BCUT2D eigenvalue weighted by Gasteiger charge is 2.21. The lowest BCUT2D eigenvalue weighted by molar-refractivity contribution is -0.132. The summed E-state index contributed by atoms with van der Waals surface area (Å²) in [4.78, 5) is 30.0. The third-order valence-electron chi connectivity index (χ3n) is 4.38. The molecular weight excluding hydrogens is 432 g/mol. The Morgan fingerprint density at radius 1 is 1.33 bits per heavy atom. The average Bonchev–Trinajstić information content (AvgIpc) is 2.73. The van der Waals surface area contributed by atoms with E-state index in [1.54, 1.807) is 31.3 Å². The van der Waals surface area contributed by atoms with Crippen LogP contribution in [-0.2, 0) is 16.0 Å². The number of aromatic nitrogens is 1. The minimum atomic E-state index is -0.703. The highest BCUT2D eigenvalue weighted by Crippen LogP contribution is 2.21. The molecule has 0 aliphatic carbocycles. The van der Waals surface area contributed by atoms with Crippen molar-refractivity contribution in [1.82, 2.24) is 9.88 Å². The number of ether oxygens (including phenoxy) is 1. The van der Waals surface area contributed by atoms with Gasteiger partial charge in [0.25, 0.3) is 0 Å². The molecule has 9 heteroatoms. The minimum absolute atomic E-state index is 0.0198. The van der Waals surface area contributed by atoms with Crippen LogP contribution in [0.5, 0.6) is 0 Å². The van der Waals surface area contributed by atoms with Crippen molar-refractivity contribution in [2.45, 2.75) is 25.3 Å². The highest BCUT2D eigenvalue weighted by molar-refractivity contribution is 6.31. The molecule has 0 saturated heterocycles. The second-order valence-corrected chi connectivity index (χ2v) is 7.30. The Morgan fingerprint density at radius 3 is 2.77 bits per heavy atom. The predicted octanol–water partition coefficient (Wildman–Crippen LogP) is 5.11. The Kier molecular flexibility index (Phi) is 9.08. The van der Waals surface area contributed by atoms with Crippen LogP contribution in [0.15, 0.2) is 49.2 Å². The SMILES string of the molecule is C=CC[C@@H](COC(=O)Nc1ccc(Cl)cn1)N(C)C(=O)CCc1cccc(F)c1Cl. The summed E-state index contributed by atoms with van der Waals surface area (Å²) in [6.07, 6.45) is 3.19. The lowest BCUT2D eigenvalue weighted by Gasteiger charge is -2.27. The molecule has 1 aromatic carbocycles. The zero-order valence-electron chi connectivity index (χ0n) is 16.4. The molecule has 6 nitrogen and oxygen atoms in total. The molecule has 1 heterocycles. The quantitative estimate of drug-likeness (QED) is 0.535. The molecule has 2 amide bonds. The van der Waals surface area contributed by atoms with Gasteiger partial charge in [-0.3, -0.25) is 10.1 Å². The molecule has 0 spiro atoms. The summed E-state index contributed by atoms with van der Waals surface area (Å²) in [5.41, 5.74) is 0.560. The third kappa shape index (κ3) is 7.00. The van der Waals surface area contributed by atoms with Gasteiger partial charge >= 0.3 is 6.09 Å². The van der Waals surface area contributed by atoms with Crippen LogP contribution < -0.4 is 5.32 Å². The van der Waals surface area contributed by atoms with Gasteiger partial charge in [0.1, 0.15) is 18.2 Å². The van der Waals surface area contributed by atoms with E-state index in [2.05, 4.69) is 16.9 Å². The summed E-state index contributed by atoms with van der Waals surface area (Å²) in [5.74, 6) is -0.416. The summed E-state index contributed by atoms with van der Waals surface area (Å²) in [6, 6.07) is 7.22. The largest absolute Gasteiger partial charge is 0.447 e. The molecule has 0 saturated carbocycles. The Morgan fingerprint density at radius 2 is 2.10 bits per heavy atom. The predicted molar refractivity (Wildman–Crippen MR) is 115 cm³/mol. The number of aryl methyl sites for hydroxylation is 1. The minimum Gasteiger partial charge on any atom is -0.447 e. The molecule has 0 bridgehead atoms. The Hall–Kier alpha value is -2.64. The first kappa shape index (κ1) is 23.6. The Labute approximate surface area is 184 Å². The van der Waals surface area contributed by atoms with Crippen molar-refractivity contribution in [3.05, 3.63) is 70.6 Å². The van der Waals surface area contributed by atoms with E-state index >= 15 is 0 Å². The number of carbonyl (C=O) groups is 2. The molecule has 1 aromatic heterocycles. The summed E-state index contributed by atoms with van der Waals surface area (Å²) >= 11 is 11.7. The number of nitrogens with one attached hydrogen (secondary N) is 1. The number of nitrogens with zero attached hydrogens (tertiary/aromatic N) is 2. The van der Waals surface area contributed by atoms with Crippen molar-refractivity contribution in [3.8, 4) is 0 Å². The van der Waals surface area contributed by atoms with E-state index in [9.17, 15) is 14.0 Å². The topological polar surface area (TPSA) is 71.5 Å². The van der Waals surface area contributed by atoms with Crippen LogP contribution in [0.3, 0.4) is 0 Å². The molecule has 0 radical (unpaired) electrons. The fourth-order valence-electron chi connectivity index (χ4n) is 2.66. The molecule has 30 heavy (non-hydrogen) atoms. The van der Waals surface area contributed by atoms with Gasteiger partial charge in [-0.2, -0.15) is 0 Å². The zero-order valence-corrected chi connectivity index (χ0v) is 17.9. The van der Waals surface area contributed by atoms with E-state index < -0.39 is 18.0 Å². The molecule has 0 aliphatic heterocycles. The van der Waals surface area contributed by atoms with Crippen LogP contribution in [-0.4, -0.2) is 41.6 Å². The van der Waals surface area contributed by atoms with Crippen molar-refractivity contribution in [2.75, 3.05) is 19.0 Å². The number of rotatable bonds is 9. The van der Waals surface area contributed by atoms with E-state index in [0.29, 0.717) is 29.2 Å². The van der Waals surface area contributed by atoms with Gasteiger partial charge in [-0.25, -0.2) is 14.2 Å². The van der Waals surface area contributed by atoms with E-state index in [4.69, 9.17) is 27.9 Å². The van der Waals surface area contributed by atoms with Gasteiger partial charge < -0.3 is 9.64 Å². The molecule has 0 aliphatic rings. The molecule has 0 unspecified atom stereocenters. The molecular formula is C21H22Cl2FN3O3. The van der Waals surface area contributed by atoms with Crippen molar-refractivity contribution < 1.29 is 18.7 Å². The zero-order chi connectivity index (χ0) is 22.1. The van der Waals surface area contributed by atoms with Gasteiger partial charge in [-0.15, -0.1) is 6.58 Å². The van der Waals surface area contributed by atoms with Crippen molar-refractivity contribution in [1.29, 1.82) is 0 Å². The van der Waals surface area contributed by atoms with Gasteiger partial charge in [0.2, 0.25) is 5.91 Å². The average molecular weight is 454 g/mol. The van der Waals surface area contributed by atoms with Crippen LogP contribution in [0.2, 0.25) is 10.0 Å². The van der Waals surface area contributed by atoms with E-state index in [-0.39, 0.29) is 24.0 Å². The number of pyridine rings is 1. The lowest BCUT2D eigenvalue weighted by atomic mass is 10.1. The van der Waals surface area contributed by atoms with Gasteiger partial charge in [-0.1, -0.05) is 41.4 Å². The maximum absolute atomic E-state index is 13.5. The van der Waals surface area contributed by atoms with Crippen LogP contribution in [0.4, 0.5) is 15.0 Å². The summed E-state index contributed by atoms with van der Waals surface area (Å²) in [6.45, 7) is 3.65. The van der Waals surface area contributed by atoms with Gasteiger partial charge in [0.05, 0.1) is 16.1 Å². The first-order valence-electron chi connectivity index (χ1n) is 9.16. The highest BCUT2D eigenvalue weighted by atomic mass is 35.5. The maximum Gasteiger partial charge on any atom is 0.412 e. The fraction of sp³-hybridized carbons (Fsp3) is 0.286. The summed E-state index contributed by atoms with van der Waals surface area (Å²) < 4.78 is 18.8. The van der Waals surface area contributed by atoms with Crippen LogP contribution >= 0.6 is 23.2 Å². The fourth-order valence-corrected chi connectivity index (χ4v) is 2.99. The summed E-state index contributed by atoms with van der Waals surface area (Å²) in [5, 5.41) is 2.95. The normalized spacial score (nSPS) is 11.5. The number of carbonyl (C=O) groups excluding carboxylic acids is 2. The molecule has 2 rings (SSSR count). The smallest absolute Gasteiger partial charge is 0.412 e. The number of halogens is 3. The van der Waals surface area contributed by atoms with Crippen LogP contribution in [0.25, 0.3) is 0 Å². The first-order chi connectivity index (χ1) is 14.3. The Bertz CT molecular complexity index is 894. The number of benzene rings is 1. The lowest BCUT2D eigenvalue weighted by Crippen LogP contribution is -2.40.